The summed E-state index contributed by atoms with van der Waals surface area (Å²) >= 11 is 18.7. The van der Waals surface area contributed by atoms with Crippen LogP contribution in [-0.2, 0) is 33.8 Å². The van der Waals surface area contributed by atoms with Crippen molar-refractivity contribution in [1.29, 1.82) is 0 Å². The van der Waals surface area contributed by atoms with Crippen LogP contribution in [0.2, 0.25) is 10.0 Å². The Morgan fingerprint density at radius 3 is 1.52 bits per heavy atom. The van der Waals surface area contributed by atoms with Crippen LogP contribution in [0, 0.1) is 0 Å². The Kier molecular flexibility index (Phi) is 14.4. The lowest BCUT2D eigenvalue weighted by atomic mass is 9.80. The van der Waals surface area contributed by atoms with Crippen LogP contribution in [0.5, 0.6) is 0 Å². The Morgan fingerprint density at radius 2 is 1.05 bits per heavy atom. The Labute approximate surface area is 375 Å². The molecule has 0 saturated carbocycles. The number of nitrogens with zero attached hydrogens (tertiary/aromatic N) is 4. The van der Waals surface area contributed by atoms with Crippen molar-refractivity contribution in [2.45, 2.75) is 9.79 Å². The lowest BCUT2D eigenvalue weighted by molar-refractivity contribution is 0.426. The number of hydrogen-bond acceptors (Lipinski definition) is 10. The summed E-state index contributed by atoms with van der Waals surface area (Å²) in [6.45, 7) is 0. The number of aryl methyl sites for hydroxylation is 2. The third kappa shape index (κ3) is 11.1. The second-order valence-electron chi connectivity index (χ2n) is 13.4. The first-order valence-electron chi connectivity index (χ1n) is 17.8. The maximum absolute atomic E-state index is 11.9. The maximum Gasteiger partial charge on any atom is 0.489 e. The normalized spacial score (nSPS) is 11.3. The highest BCUT2D eigenvalue weighted by Crippen LogP contribution is 2.41. The zero-order valence-corrected chi connectivity index (χ0v) is 38.7. The Morgan fingerprint density at radius 1 is 0.583 bits per heavy atom. The van der Waals surface area contributed by atoms with Gasteiger partial charge in [-0.2, -0.15) is 10.2 Å². The van der Waals surface area contributed by atoms with Crippen LogP contribution < -0.4 is 5.46 Å². The number of rotatable bonds is 8. The van der Waals surface area contributed by atoms with E-state index < -0.39 is 26.8 Å². The average Bonchev–Trinajstić information content (AvgIpc) is 4.02. The van der Waals surface area contributed by atoms with Gasteiger partial charge in [0.2, 0.25) is 0 Å². The maximum atomic E-state index is 11.9. The molecule has 308 valence electrons. The first-order valence-corrected chi connectivity index (χ1v) is 24.7. The lowest BCUT2D eigenvalue weighted by Crippen LogP contribution is -2.30. The summed E-state index contributed by atoms with van der Waals surface area (Å²) in [5.74, 6) is 0. The second kappa shape index (κ2) is 19.1. The molecule has 18 heteroatoms. The molecule has 2 N–H and O–H groups in total. The van der Waals surface area contributed by atoms with Crippen molar-refractivity contribution in [2.75, 3.05) is 12.5 Å². The molecule has 10 nitrogen and oxygen atoms in total. The minimum atomic E-state index is -3.25. The fourth-order valence-electron chi connectivity index (χ4n) is 5.86. The quantitative estimate of drug-likeness (QED) is 0.143. The SMILES string of the molecule is Cn1cc(-c2ccccc2Cl)c(-c2ccc(-c3cccc(S(C)(=O)=O)c3)s2)n1.Cn1cc(Br)c(-c2ccc(-c3cccc(S(C)(=O)=O)c3)s2)n1.OB(O)c1ccccc1Cl. The molecule has 0 radical (unpaired) electrons. The molecule has 0 spiro atoms. The molecule has 0 saturated heterocycles. The van der Waals surface area contributed by atoms with Gasteiger partial charge >= 0.3 is 7.12 Å². The van der Waals surface area contributed by atoms with E-state index in [-0.39, 0.29) is 0 Å². The van der Waals surface area contributed by atoms with E-state index in [0.717, 1.165) is 57.6 Å². The lowest BCUT2D eigenvalue weighted by Gasteiger charge is -2.03. The summed E-state index contributed by atoms with van der Waals surface area (Å²) in [6, 6.07) is 36.3. The summed E-state index contributed by atoms with van der Waals surface area (Å²) in [5.41, 5.74) is 5.74. The highest BCUT2D eigenvalue weighted by atomic mass is 79.9. The van der Waals surface area contributed by atoms with E-state index >= 15 is 0 Å². The van der Waals surface area contributed by atoms with E-state index in [1.54, 1.807) is 92.7 Å². The van der Waals surface area contributed by atoms with Gasteiger partial charge in [-0.1, -0.05) is 83.9 Å². The number of thiophene rings is 2. The van der Waals surface area contributed by atoms with Crippen LogP contribution in [-0.4, -0.2) is 66.1 Å². The van der Waals surface area contributed by atoms with Crippen LogP contribution in [0.25, 0.3) is 53.2 Å². The van der Waals surface area contributed by atoms with Gasteiger partial charge in [-0.05, 0) is 87.7 Å². The summed E-state index contributed by atoms with van der Waals surface area (Å²) in [7, 11) is -4.17. The molecule has 4 heterocycles. The van der Waals surface area contributed by atoms with Crippen LogP contribution >= 0.6 is 61.8 Å². The molecule has 8 rings (SSSR count). The highest BCUT2D eigenvalue weighted by molar-refractivity contribution is 9.10. The smallest absolute Gasteiger partial charge is 0.423 e. The predicted molar refractivity (Wildman–Crippen MR) is 250 cm³/mol. The van der Waals surface area contributed by atoms with E-state index in [1.807, 2.05) is 87.2 Å². The van der Waals surface area contributed by atoms with E-state index in [0.29, 0.717) is 25.3 Å². The zero-order valence-electron chi connectivity index (χ0n) is 32.4. The molecule has 0 fully saturated rings. The second-order valence-corrected chi connectivity index (χ2v) is 21.2. The summed E-state index contributed by atoms with van der Waals surface area (Å²) in [5, 5.41) is 27.5. The van der Waals surface area contributed by atoms with Gasteiger partial charge in [0.05, 0.1) is 24.0 Å². The van der Waals surface area contributed by atoms with E-state index in [2.05, 4.69) is 26.1 Å². The van der Waals surface area contributed by atoms with Gasteiger partial charge < -0.3 is 10.0 Å². The first kappa shape index (κ1) is 45.2. The van der Waals surface area contributed by atoms with E-state index in [1.165, 1.54) is 12.5 Å². The zero-order chi connectivity index (χ0) is 43.4. The van der Waals surface area contributed by atoms with Crippen molar-refractivity contribution in [1.82, 2.24) is 19.6 Å². The largest absolute Gasteiger partial charge is 0.489 e. The molecule has 0 unspecified atom stereocenters. The molecule has 8 aromatic rings. The van der Waals surface area contributed by atoms with Gasteiger partial charge in [0, 0.05) is 75.4 Å². The van der Waals surface area contributed by atoms with Gasteiger partial charge in [0.25, 0.3) is 0 Å². The number of hydrogen-bond donors (Lipinski definition) is 2. The Bertz CT molecular complexity index is 3020. The van der Waals surface area contributed by atoms with Crippen molar-refractivity contribution in [3.63, 3.8) is 0 Å². The van der Waals surface area contributed by atoms with Crippen molar-refractivity contribution in [2.24, 2.45) is 14.1 Å². The van der Waals surface area contributed by atoms with Crippen molar-refractivity contribution < 1.29 is 26.9 Å². The van der Waals surface area contributed by atoms with Gasteiger partial charge in [0.15, 0.2) is 19.7 Å². The molecule has 4 aromatic carbocycles. The van der Waals surface area contributed by atoms with Gasteiger partial charge in [0.1, 0.15) is 11.4 Å². The average molecular weight is 983 g/mol. The third-order valence-electron chi connectivity index (χ3n) is 8.73. The molecule has 0 aliphatic rings. The van der Waals surface area contributed by atoms with Crippen LogP contribution in [0.15, 0.2) is 148 Å². The van der Waals surface area contributed by atoms with Gasteiger partial charge in [-0.25, -0.2) is 16.8 Å². The number of halogens is 3. The van der Waals surface area contributed by atoms with Crippen LogP contribution in [0.1, 0.15) is 0 Å². The molecule has 0 atom stereocenters. The van der Waals surface area contributed by atoms with Crippen molar-refractivity contribution >= 4 is 94.1 Å². The topological polar surface area (TPSA) is 144 Å². The van der Waals surface area contributed by atoms with E-state index in [9.17, 15) is 16.8 Å². The molecule has 60 heavy (non-hydrogen) atoms. The minimum Gasteiger partial charge on any atom is -0.423 e. The molecule has 0 bridgehead atoms. The molecule has 0 aliphatic carbocycles. The molecular formula is C42H36BBrCl2N4O6S4. The number of benzene rings is 4. The van der Waals surface area contributed by atoms with E-state index in [4.69, 9.17) is 33.2 Å². The fraction of sp³-hybridized carbons (Fsp3) is 0.0952. The number of sulfone groups is 2. The molecular weight excluding hydrogens is 946 g/mol. The fourth-order valence-corrected chi connectivity index (χ4v) is 10.4. The Hall–Kier alpha value is -4.36. The van der Waals surface area contributed by atoms with Gasteiger partial charge in [-0.3, -0.25) is 9.36 Å². The van der Waals surface area contributed by atoms with Gasteiger partial charge in [-0.15, -0.1) is 22.7 Å². The molecule has 0 amide bonds. The van der Waals surface area contributed by atoms with Crippen LogP contribution in [0.4, 0.5) is 0 Å². The molecule has 0 aliphatic heterocycles. The monoisotopic (exact) mass is 980 g/mol. The summed E-state index contributed by atoms with van der Waals surface area (Å²) < 4.78 is 51.5. The van der Waals surface area contributed by atoms with Crippen LogP contribution in [0.3, 0.4) is 0 Å². The number of aromatic nitrogens is 4. The minimum absolute atomic E-state index is 0.314. The first-order chi connectivity index (χ1) is 28.4. The standard InChI is InChI=1S/C21H17ClN2O2S2.C15H13BrN2O2S2.C6H6BClO2/c1-24-13-17(16-8-3-4-9-18(16)22)21(23-24)20-11-10-19(27-20)14-6-5-7-15(12-14)28(2,25)26;1-18-9-12(16)15(17-18)14-7-6-13(21-14)10-4-3-5-11(8-10)22(2,19)20;8-6-4-2-1-3-5(6)7(9)10/h3-13H,1-2H3;3-9H,1-2H3;1-4,9-10H. The Balaban J connectivity index is 0.000000167. The summed E-state index contributed by atoms with van der Waals surface area (Å²) in [4.78, 5) is 4.67. The predicted octanol–water partition coefficient (Wildman–Crippen LogP) is 9.54. The summed E-state index contributed by atoms with van der Waals surface area (Å²) in [6.07, 6.45) is 6.30. The third-order valence-corrected chi connectivity index (χ3v) is 14.5. The molecule has 4 aromatic heterocycles. The van der Waals surface area contributed by atoms with Crippen molar-refractivity contribution in [3.8, 4) is 53.2 Å². The van der Waals surface area contributed by atoms with Crippen molar-refractivity contribution in [3.05, 3.63) is 148 Å². The highest BCUT2D eigenvalue weighted by Gasteiger charge is 2.18.